The number of pyridine rings is 1. The minimum atomic E-state index is -1.41. The lowest BCUT2D eigenvalue weighted by molar-refractivity contribution is -0.904. The molecule has 7 rings (SSSR count). The fourth-order valence-corrected chi connectivity index (χ4v) is 7.85. The first-order valence-electron chi connectivity index (χ1n) is 16.6. The number of anilines is 1. The zero-order valence-electron chi connectivity index (χ0n) is 28.5. The fraction of sp³-hybridized carbons (Fsp3) is 0.342. The number of fused-ring (bicyclic) bond motifs is 3. The number of aromatic nitrogens is 1. The van der Waals surface area contributed by atoms with Crippen LogP contribution in [-0.4, -0.2) is 69.2 Å². The van der Waals surface area contributed by atoms with Crippen LogP contribution in [0.5, 0.6) is 17.2 Å². The van der Waals surface area contributed by atoms with Gasteiger partial charge in [-0.2, -0.15) is 0 Å². The summed E-state index contributed by atoms with van der Waals surface area (Å²) in [5.74, 6) is -0.531. The van der Waals surface area contributed by atoms with Gasteiger partial charge in [-0.25, -0.2) is 4.79 Å². The summed E-state index contributed by atoms with van der Waals surface area (Å²) >= 11 is 13.3. The number of amides is 1. The molecule has 2 bridgehead atoms. The quantitative estimate of drug-likeness (QED) is 0.148. The number of aromatic carboxylic acids is 1. The second kappa shape index (κ2) is 15.7. The summed E-state index contributed by atoms with van der Waals surface area (Å²) in [5, 5.41) is 23.3. The molecule has 0 unspecified atom stereocenters. The van der Waals surface area contributed by atoms with E-state index in [1.54, 1.807) is 54.6 Å². The SMILES string of the molecule is COc1ccc([C@H](Cc2c(Cl)c[n+](O)cc2Cl)c2c(CN(C(=O)O[C@H]3CN4CCC3CC4)c3ccccc3OC)cccc2C(=O)[O-])cc1OC. The summed E-state index contributed by atoms with van der Waals surface area (Å²) in [6.45, 7) is 2.56. The Labute approximate surface area is 306 Å². The maximum Gasteiger partial charge on any atom is 0.415 e. The van der Waals surface area contributed by atoms with Crippen LogP contribution in [0.3, 0.4) is 0 Å². The van der Waals surface area contributed by atoms with Crippen molar-refractivity contribution in [1.29, 1.82) is 0 Å². The summed E-state index contributed by atoms with van der Waals surface area (Å²) in [4.78, 5) is 31.0. The molecule has 3 aromatic carbocycles. The van der Waals surface area contributed by atoms with Crippen molar-refractivity contribution in [2.24, 2.45) is 5.92 Å². The Morgan fingerprint density at radius 1 is 0.941 bits per heavy atom. The summed E-state index contributed by atoms with van der Waals surface area (Å²) in [6, 6.07) is 17.3. The van der Waals surface area contributed by atoms with Crippen LogP contribution >= 0.6 is 23.2 Å². The molecule has 0 saturated carbocycles. The highest BCUT2D eigenvalue weighted by atomic mass is 35.5. The number of nitrogens with zero attached hydrogens (tertiary/aromatic N) is 3. The number of hydrogen-bond acceptors (Lipinski definition) is 9. The number of carbonyl (C=O) groups excluding carboxylic acids is 2. The first kappa shape index (κ1) is 36.1. The number of benzene rings is 3. The second-order valence-electron chi connectivity index (χ2n) is 12.7. The highest BCUT2D eigenvalue weighted by molar-refractivity contribution is 6.35. The molecule has 51 heavy (non-hydrogen) atoms. The van der Waals surface area contributed by atoms with Gasteiger partial charge in [0, 0.05) is 28.3 Å². The van der Waals surface area contributed by atoms with Crippen LogP contribution in [0.15, 0.2) is 73.1 Å². The average Bonchev–Trinajstić information content (AvgIpc) is 3.13. The van der Waals surface area contributed by atoms with Crippen molar-refractivity contribution in [3.05, 3.63) is 111 Å². The molecule has 3 aliphatic heterocycles. The third-order valence-electron chi connectivity index (χ3n) is 9.82. The standard InChI is InChI=1S/C38H39Cl2N3O8/c1-48-32-10-5-4-9-31(32)43(38(46)51-35-22-41-15-13-23(35)14-16-41)19-25-7-6-8-26(37(44)45)36(25)27(18-28-29(39)20-42(47)21-30(28)40)24-11-12-33(49-2)34(17-24)50-3/h4-12,17,20-21,23,27,35H,13-16,18-19,22H2,1-3H3,(H-,44,45,47)/t27-,35-/m0/s1. The molecule has 3 aliphatic rings. The van der Waals surface area contributed by atoms with Crippen molar-refractivity contribution in [2.45, 2.75) is 37.8 Å². The fourth-order valence-electron chi connectivity index (χ4n) is 7.24. The van der Waals surface area contributed by atoms with Gasteiger partial charge in [0.2, 0.25) is 12.4 Å². The van der Waals surface area contributed by atoms with Crippen LogP contribution in [0.1, 0.15) is 51.4 Å². The van der Waals surface area contributed by atoms with Gasteiger partial charge < -0.3 is 28.8 Å². The van der Waals surface area contributed by atoms with E-state index in [0.717, 1.165) is 30.7 Å². The number of ether oxygens (including phenoxy) is 4. The van der Waals surface area contributed by atoms with Crippen molar-refractivity contribution in [2.75, 3.05) is 45.9 Å². The Balaban J connectivity index is 1.50. The molecule has 3 saturated heterocycles. The van der Waals surface area contributed by atoms with E-state index in [-0.39, 0.29) is 40.6 Å². The minimum Gasteiger partial charge on any atom is -0.545 e. The van der Waals surface area contributed by atoms with E-state index in [4.69, 9.17) is 42.1 Å². The molecule has 4 aromatic rings. The average molecular weight is 737 g/mol. The monoisotopic (exact) mass is 735 g/mol. The lowest BCUT2D eigenvalue weighted by atomic mass is 9.80. The first-order valence-corrected chi connectivity index (χ1v) is 17.3. The number of carboxylic acid groups (broad SMARTS) is 1. The summed E-state index contributed by atoms with van der Waals surface area (Å²) < 4.78 is 23.8. The van der Waals surface area contributed by atoms with E-state index < -0.39 is 18.0 Å². The van der Waals surface area contributed by atoms with E-state index in [0.29, 0.717) is 51.7 Å². The number of piperidine rings is 3. The third-order valence-corrected chi connectivity index (χ3v) is 10.5. The molecule has 1 amide bonds. The Morgan fingerprint density at radius 2 is 1.63 bits per heavy atom. The molecule has 2 atom stereocenters. The zero-order valence-corrected chi connectivity index (χ0v) is 30.0. The van der Waals surface area contributed by atoms with Crippen molar-refractivity contribution in [3.8, 4) is 17.2 Å². The number of methoxy groups -OCH3 is 3. The maximum atomic E-state index is 14.3. The Morgan fingerprint density at radius 3 is 2.25 bits per heavy atom. The molecule has 3 fully saturated rings. The molecular formula is C38H39Cl2N3O8. The van der Waals surface area contributed by atoms with Gasteiger partial charge in [-0.15, -0.1) is 0 Å². The lowest BCUT2D eigenvalue weighted by Crippen LogP contribution is -2.53. The summed E-state index contributed by atoms with van der Waals surface area (Å²) in [6.07, 6.45) is 3.76. The van der Waals surface area contributed by atoms with Gasteiger partial charge in [-0.3, -0.25) is 15.0 Å². The molecule has 13 heteroatoms. The number of rotatable bonds is 12. The molecule has 0 aliphatic carbocycles. The maximum absolute atomic E-state index is 14.3. The van der Waals surface area contributed by atoms with Gasteiger partial charge in [0.25, 0.3) is 0 Å². The van der Waals surface area contributed by atoms with E-state index in [9.17, 15) is 19.9 Å². The second-order valence-corrected chi connectivity index (χ2v) is 13.5. The predicted molar refractivity (Wildman–Crippen MR) is 188 cm³/mol. The molecule has 1 N–H and O–H groups in total. The predicted octanol–water partition coefficient (Wildman–Crippen LogP) is 5.52. The van der Waals surface area contributed by atoms with Gasteiger partial charge in [0.15, 0.2) is 11.5 Å². The molecule has 268 valence electrons. The van der Waals surface area contributed by atoms with Gasteiger partial charge in [-0.05, 0) is 79.2 Å². The van der Waals surface area contributed by atoms with Crippen molar-refractivity contribution < 1.29 is 43.6 Å². The first-order chi connectivity index (χ1) is 24.6. The van der Waals surface area contributed by atoms with Crippen molar-refractivity contribution in [1.82, 2.24) is 4.90 Å². The number of halogens is 2. The van der Waals surface area contributed by atoms with Crippen LogP contribution in [0, 0.1) is 5.92 Å². The van der Waals surface area contributed by atoms with Gasteiger partial charge >= 0.3 is 6.09 Å². The topological polar surface area (TPSA) is 125 Å². The largest absolute Gasteiger partial charge is 0.545 e. The highest BCUT2D eigenvalue weighted by Crippen LogP contribution is 2.41. The van der Waals surface area contributed by atoms with E-state index in [1.165, 1.54) is 44.7 Å². The Kier molecular flexibility index (Phi) is 11.1. The number of carboxylic acids is 1. The lowest BCUT2D eigenvalue weighted by Gasteiger charge is -2.44. The van der Waals surface area contributed by atoms with Gasteiger partial charge in [0.05, 0.1) is 39.5 Å². The Bertz CT molecular complexity index is 1890. The van der Waals surface area contributed by atoms with Crippen molar-refractivity contribution in [3.63, 3.8) is 0 Å². The molecular weight excluding hydrogens is 697 g/mol. The van der Waals surface area contributed by atoms with Crippen LogP contribution in [0.4, 0.5) is 10.5 Å². The Hall–Kier alpha value is -4.71. The van der Waals surface area contributed by atoms with E-state index in [2.05, 4.69) is 4.90 Å². The molecule has 0 spiro atoms. The van der Waals surface area contributed by atoms with Crippen LogP contribution in [0.25, 0.3) is 0 Å². The van der Waals surface area contributed by atoms with E-state index in [1.807, 2.05) is 0 Å². The van der Waals surface area contributed by atoms with Crippen molar-refractivity contribution >= 4 is 41.0 Å². The molecule has 4 heterocycles. The van der Waals surface area contributed by atoms with E-state index >= 15 is 0 Å². The molecule has 0 radical (unpaired) electrons. The van der Waals surface area contributed by atoms with Gasteiger partial charge in [0.1, 0.15) is 21.9 Å². The van der Waals surface area contributed by atoms with Gasteiger partial charge in [-0.1, -0.05) is 59.6 Å². The smallest absolute Gasteiger partial charge is 0.415 e. The third kappa shape index (κ3) is 7.66. The number of carbonyl (C=O) groups is 2. The van der Waals surface area contributed by atoms with Crippen LogP contribution < -0.4 is 28.9 Å². The summed E-state index contributed by atoms with van der Waals surface area (Å²) in [5.41, 5.74) is 2.36. The normalized spacial score (nSPS) is 18.5. The summed E-state index contributed by atoms with van der Waals surface area (Å²) in [7, 11) is 4.55. The molecule has 1 aromatic heterocycles. The number of hydrogen-bond donors (Lipinski definition) is 1. The van der Waals surface area contributed by atoms with Crippen LogP contribution in [-0.2, 0) is 17.7 Å². The minimum absolute atomic E-state index is 0.0759. The zero-order chi connectivity index (χ0) is 36.2. The highest BCUT2D eigenvalue weighted by Gasteiger charge is 2.38. The molecule has 11 nitrogen and oxygen atoms in total. The number of para-hydroxylation sites is 2. The van der Waals surface area contributed by atoms with Crippen LogP contribution in [0.2, 0.25) is 10.0 Å².